The number of aromatic nitrogens is 2. The molecular weight excluding hydrogens is 418 g/mol. The Balaban J connectivity index is 1.55. The fourth-order valence-electron chi connectivity index (χ4n) is 3.31. The van der Waals surface area contributed by atoms with E-state index in [1.54, 1.807) is 23.0 Å². The van der Waals surface area contributed by atoms with Crippen LogP contribution in [0, 0.1) is 0 Å². The third kappa shape index (κ3) is 4.65. The van der Waals surface area contributed by atoms with E-state index in [0.29, 0.717) is 12.2 Å². The van der Waals surface area contributed by atoms with Crippen LogP contribution >= 0.6 is 0 Å². The molecule has 0 saturated carbocycles. The van der Waals surface area contributed by atoms with Crippen LogP contribution in [0.3, 0.4) is 0 Å². The first-order valence-electron chi connectivity index (χ1n) is 9.67. The lowest BCUT2D eigenvalue weighted by Crippen LogP contribution is -2.49. The van der Waals surface area contributed by atoms with Gasteiger partial charge in [0.1, 0.15) is 0 Å². The van der Waals surface area contributed by atoms with Crippen LogP contribution in [0.15, 0.2) is 71.9 Å². The predicted octanol–water partition coefficient (Wildman–Crippen LogP) is 1.30. The minimum Gasteiger partial charge on any atom is -0.354 e. The summed E-state index contributed by atoms with van der Waals surface area (Å²) in [5.74, 6) is -0.779. The van der Waals surface area contributed by atoms with E-state index >= 15 is 0 Å². The monoisotopic (exact) mass is 439 g/mol. The minimum absolute atomic E-state index is 0.0281. The summed E-state index contributed by atoms with van der Waals surface area (Å²) in [6.45, 7) is 0.686. The molecule has 1 fully saturated rings. The molecule has 0 atom stereocenters. The van der Waals surface area contributed by atoms with Gasteiger partial charge in [-0.05, 0) is 35.9 Å². The molecule has 1 aromatic heterocycles. The molecule has 1 aliphatic heterocycles. The number of nitrogens with zero attached hydrogens (tertiary/aromatic N) is 3. The standard InChI is InChI=1S/C21H21N5O4S/c27-20-15-26(12-10-22-20)31(29,30)18-7-3-6-16(13-18)21(28)24-19-8-2-1-5-17(19)14-25-11-4-9-23-25/h1-9,11,13H,10,12,14-15H2,(H,22,27)(H,24,28). The molecule has 9 nitrogen and oxygen atoms in total. The van der Waals surface area contributed by atoms with Crippen molar-refractivity contribution in [3.8, 4) is 0 Å². The van der Waals surface area contributed by atoms with Gasteiger partial charge < -0.3 is 10.6 Å². The molecule has 0 unspecified atom stereocenters. The van der Waals surface area contributed by atoms with Crippen molar-refractivity contribution >= 4 is 27.5 Å². The van der Waals surface area contributed by atoms with E-state index in [4.69, 9.17) is 0 Å². The van der Waals surface area contributed by atoms with Gasteiger partial charge in [-0.1, -0.05) is 24.3 Å². The van der Waals surface area contributed by atoms with Gasteiger partial charge in [0.2, 0.25) is 15.9 Å². The Hall–Kier alpha value is -3.50. The number of amides is 2. The molecule has 0 spiro atoms. The van der Waals surface area contributed by atoms with E-state index in [0.717, 1.165) is 9.87 Å². The number of carbonyl (C=O) groups excluding carboxylic acids is 2. The second kappa shape index (κ2) is 8.70. The van der Waals surface area contributed by atoms with Crippen molar-refractivity contribution in [1.82, 2.24) is 19.4 Å². The third-order valence-corrected chi connectivity index (χ3v) is 6.74. The summed E-state index contributed by atoms with van der Waals surface area (Å²) in [7, 11) is -3.89. The number of benzene rings is 2. The maximum atomic E-state index is 12.9. The van der Waals surface area contributed by atoms with E-state index in [-0.39, 0.29) is 36.0 Å². The van der Waals surface area contributed by atoms with Gasteiger partial charge in [-0.25, -0.2) is 8.42 Å². The van der Waals surface area contributed by atoms with E-state index in [1.165, 1.54) is 18.2 Å². The maximum Gasteiger partial charge on any atom is 0.255 e. The highest BCUT2D eigenvalue weighted by atomic mass is 32.2. The fourth-order valence-corrected chi connectivity index (χ4v) is 4.75. The Bertz CT molecular complexity index is 1210. The topological polar surface area (TPSA) is 113 Å². The predicted molar refractivity (Wildman–Crippen MR) is 114 cm³/mol. The number of anilines is 1. The minimum atomic E-state index is -3.89. The number of hydrogen-bond donors (Lipinski definition) is 2. The van der Waals surface area contributed by atoms with Crippen molar-refractivity contribution < 1.29 is 18.0 Å². The molecule has 4 rings (SSSR count). The normalized spacial score (nSPS) is 14.8. The Morgan fingerprint density at radius 2 is 1.97 bits per heavy atom. The van der Waals surface area contributed by atoms with E-state index in [1.807, 2.05) is 30.5 Å². The zero-order valence-corrected chi connectivity index (χ0v) is 17.4. The zero-order chi connectivity index (χ0) is 21.8. The second-order valence-electron chi connectivity index (χ2n) is 7.03. The summed E-state index contributed by atoms with van der Waals surface area (Å²) in [4.78, 5) is 24.4. The number of piperazine rings is 1. The van der Waals surface area contributed by atoms with Gasteiger partial charge in [-0.15, -0.1) is 0 Å². The molecule has 0 bridgehead atoms. The molecule has 0 aliphatic carbocycles. The van der Waals surface area contributed by atoms with E-state index < -0.39 is 15.9 Å². The summed E-state index contributed by atoms with van der Waals surface area (Å²) in [5.41, 5.74) is 1.68. The van der Waals surface area contributed by atoms with Crippen molar-refractivity contribution in [3.63, 3.8) is 0 Å². The summed E-state index contributed by atoms with van der Waals surface area (Å²) in [6.07, 6.45) is 3.51. The quantitative estimate of drug-likeness (QED) is 0.601. The summed E-state index contributed by atoms with van der Waals surface area (Å²) >= 11 is 0. The summed E-state index contributed by atoms with van der Waals surface area (Å²) in [6, 6.07) is 15.0. The highest BCUT2D eigenvalue weighted by Gasteiger charge is 2.29. The number of hydrogen-bond acceptors (Lipinski definition) is 5. The zero-order valence-electron chi connectivity index (χ0n) is 16.6. The van der Waals surface area contributed by atoms with Crippen LogP contribution in [0.2, 0.25) is 0 Å². The lowest BCUT2D eigenvalue weighted by atomic mass is 10.1. The molecule has 2 N–H and O–H groups in total. The first-order chi connectivity index (χ1) is 14.9. The van der Waals surface area contributed by atoms with Crippen LogP contribution in [0.1, 0.15) is 15.9 Å². The molecule has 10 heteroatoms. The molecule has 160 valence electrons. The number of rotatable bonds is 6. The molecule has 2 aromatic carbocycles. The second-order valence-corrected chi connectivity index (χ2v) is 8.97. The van der Waals surface area contributed by atoms with Gasteiger partial charge in [0.25, 0.3) is 5.91 Å². The lowest BCUT2D eigenvalue weighted by molar-refractivity contribution is -0.122. The van der Waals surface area contributed by atoms with Gasteiger partial charge >= 0.3 is 0 Å². The summed E-state index contributed by atoms with van der Waals surface area (Å²) in [5, 5.41) is 9.63. The summed E-state index contributed by atoms with van der Waals surface area (Å²) < 4.78 is 28.7. The molecular formula is C21H21N5O4S. The van der Waals surface area contributed by atoms with Crippen LogP contribution in [0.25, 0.3) is 0 Å². The van der Waals surface area contributed by atoms with Gasteiger partial charge in [0.05, 0.1) is 18.0 Å². The number of sulfonamides is 1. The molecule has 0 radical (unpaired) electrons. The first-order valence-corrected chi connectivity index (χ1v) is 11.1. The maximum absolute atomic E-state index is 12.9. The van der Waals surface area contributed by atoms with Gasteiger partial charge in [0.15, 0.2) is 0 Å². The van der Waals surface area contributed by atoms with Crippen molar-refractivity contribution in [2.75, 3.05) is 25.0 Å². The van der Waals surface area contributed by atoms with Crippen LogP contribution < -0.4 is 10.6 Å². The fraction of sp³-hybridized carbons (Fsp3) is 0.190. The van der Waals surface area contributed by atoms with Crippen molar-refractivity contribution in [1.29, 1.82) is 0 Å². The number of carbonyl (C=O) groups is 2. The van der Waals surface area contributed by atoms with Crippen LogP contribution in [0.5, 0.6) is 0 Å². The average molecular weight is 439 g/mol. The van der Waals surface area contributed by atoms with Crippen molar-refractivity contribution in [2.45, 2.75) is 11.4 Å². The van der Waals surface area contributed by atoms with Gasteiger partial charge in [0, 0.05) is 36.7 Å². The van der Waals surface area contributed by atoms with Crippen LogP contribution in [0.4, 0.5) is 5.69 Å². The SMILES string of the molecule is O=C1CN(S(=O)(=O)c2cccc(C(=O)Nc3ccccc3Cn3cccn3)c2)CCN1. The highest BCUT2D eigenvalue weighted by Crippen LogP contribution is 2.20. The molecule has 31 heavy (non-hydrogen) atoms. The Labute approximate surface area is 179 Å². The van der Waals surface area contributed by atoms with Gasteiger partial charge in [-0.2, -0.15) is 9.40 Å². The first kappa shape index (κ1) is 20.8. The lowest BCUT2D eigenvalue weighted by Gasteiger charge is -2.26. The van der Waals surface area contributed by atoms with Crippen LogP contribution in [-0.4, -0.2) is 54.0 Å². The Kier molecular flexibility index (Phi) is 5.83. The number of para-hydroxylation sites is 1. The molecule has 3 aromatic rings. The Morgan fingerprint density at radius 1 is 1.13 bits per heavy atom. The molecule has 1 aliphatic rings. The van der Waals surface area contributed by atoms with E-state index in [9.17, 15) is 18.0 Å². The molecule has 1 saturated heterocycles. The van der Waals surface area contributed by atoms with Crippen LogP contribution in [-0.2, 0) is 21.4 Å². The van der Waals surface area contributed by atoms with E-state index in [2.05, 4.69) is 15.7 Å². The van der Waals surface area contributed by atoms with Crippen molar-refractivity contribution in [3.05, 3.63) is 78.1 Å². The molecule has 2 heterocycles. The van der Waals surface area contributed by atoms with Crippen molar-refractivity contribution in [2.24, 2.45) is 0 Å². The largest absolute Gasteiger partial charge is 0.354 e. The number of nitrogens with one attached hydrogen (secondary N) is 2. The highest BCUT2D eigenvalue weighted by molar-refractivity contribution is 7.89. The average Bonchev–Trinajstić information content (AvgIpc) is 3.28. The Morgan fingerprint density at radius 3 is 2.74 bits per heavy atom. The van der Waals surface area contributed by atoms with Gasteiger partial charge in [-0.3, -0.25) is 14.3 Å². The third-order valence-electron chi connectivity index (χ3n) is 4.89. The molecule has 2 amide bonds. The smallest absolute Gasteiger partial charge is 0.255 e.